The van der Waals surface area contributed by atoms with Crippen LogP contribution in [0.15, 0.2) is 41.8 Å². The standard InChI is InChI=1S/C19H20FN3O2S/c1-12(2)23-18(7-13(3)22-23)21-19(24)17-8-14(11-26-17)10-25-16-6-4-5-15(20)9-16/h4-9,11-12H,10H2,1-3H3,(H,21,24). The van der Waals surface area contributed by atoms with E-state index >= 15 is 0 Å². The first-order valence-corrected chi connectivity index (χ1v) is 9.13. The molecule has 0 bridgehead atoms. The first-order chi connectivity index (χ1) is 12.4. The molecule has 0 radical (unpaired) electrons. The van der Waals surface area contributed by atoms with Crippen LogP contribution in [0.1, 0.15) is 40.8 Å². The molecule has 0 atom stereocenters. The summed E-state index contributed by atoms with van der Waals surface area (Å²) in [6.07, 6.45) is 0. The number of benzene rings is 1. The Morgan fingerprint density at radius 1 is 1.35 bits per heavy atom. The second-order valence-electron chi connectivity index (χ2n) is 6.23. The van der Waals surface area contributed by atoms with Crippen LogP contribution in [0.5, 0.6) is 5.75 Å². The van der Waals surface area contributed by atoms with E-state index < -0.39 is 0 Å². The molecule has 7 heteroatoms. The molecule has 1 N–H and O–H groups in total. The quantitative estimate of drug-likeness (QED) is 0.675. The van der Waals surface area contributed by atoms with Gasteiger partial charge in [-0.25, -0.2) is 9.07 Å². The van der Waals surface area contributed by atoms with Gasteiger partial charge in [-0.3, -0.25) is 4.79 Å². The smallest absolute Gasteiger partial charge is 0.266 e. The third-order valence-electron chi connectivity index (χ3n) is 3.67. The number of thiophene rings is 1. The van der Waals surface area contributed by atoms with E-state index in [1.54, 1.807) is 22.9 Å². The maximum atomic E-state index is 13.2. The second kappa shape index (κ2) is 7.70. The van der Waals surface area contributed by atoms with Crippen LogP contribution >= 0.6 is 11.3 Å². The summed E-state index contributed by atoms with van der Waals surface area (Å²) in [4.78, 5) is 13.1. The van der Waals surface area contributed by atoms with E-state index in [1.807, 2.05) is 32.2 Å². The number of carbonyl (C=O) groups is 1. The Morgan fingerprint density at radius 2 is 2.15 bits per heavy atom. The van der Waals surface area contributed by atoms with Gasteiger partial charge in [-0.05, 0) is 44.4 Å². The van der Waals surface area contributed by atoms with Gasteiger partial charge in [0.25, 0.3) is 5.91 Å². The summed E-state index contributed by atoms with van der Waals surface area (Å²) in [5.41, 5.74) is 1.71. The predicted octanol–water partition coefficient (Wildman–Crippen LogP) is 4.80. The maximum Gasteiger partial charge on any atom is 0.266 e. The molecule has 0 aliphatic heterocycles. The van der Waals surface area contributed by atoms with Crippen molar-refractivity contribution in [1.82, 2.24) is 9.78 Å². The Balaban J connectivity index is 1.65. The molecule has 0 fully saturated rings. The lowest BCUT2D eigenvalue weighted by Crippen LogP contribution is -2.15. The Labute approximate surface area is 155 Å². The molecule has 1 aromatic carbocycles. The third kappa shape index (κ3) is 4.29. The van der Waals surface area contributed by atoms with Gasteiger partial charge >= 0.3 is 0 Å². The summed E-state index contributed by atoms with van der Waals surface area (Å²) in [7, 11) is 0. The molecule has 26 heavy (non-hydrogen) atoms. The summed E-state index contributed by atoms with van der Waals surface area (Å²) in [5.74, 6) is 0.603. The van der Waals surface area contributed by atoms with Gasteiger partial charge in [0, 0.05) is 23.7 Å². The van der Waals surface area contributed by atoms with Crippen molar-refractivity contribution in [2.75, 3.05) is 5.32 Å². The van der Waals surface area contributed by atoms with E-state index in [1.165, 1.54) is 23.5 Å². The molecule has 0 aliphatic rings. The van der Waals surface area contributed by atoms with Crippen molar-refractivity contribution < 1.29 is 13.9 Å². The molecule has 0 saturated heterocycles. The van der Waals surface area contributed by atoms with Crippen molar-refractivity contribution in [2.45, 2.75) is 33.4 Å². The second-order valence-corrected chi connectivity index (χ2v) is 7.14. The number of aromatic nitrogens is 2. The molecule has 3 aromatic rings. The molecule has 3 rings (SSSR count). The molecule has 0 saturated carbocycles. The average molecular weight is 373 g/mol. The number of hydrogen-bond acceptors (Lipinski definition) is 4. The van der Waals surface area contributed by atoms with E-state index in [0.717, 1.165) is 11.3 Å². The number of nitrogens with one attached hydrogen (secondary N) is 1. The van der Waals surface area contributed by atoms with Gasteiger partial charge in [0.05, 0.1) is 10.6 Å². The van der Waals surface area contributed by atoms with Gasteiger partial charge in [-0.1, -0.05) is 6.07 Å². The molecule has 2 aromatic heterocycles. The van der Waals surface area contributed by atoms with Crippen molar-refractivity contribution in [1.29, 1.82) is 0 Å². The third-order valence-corrected chi connectivity index (χ3v) is 4.65. The Morgan fingerprint density at radius 3 is 2.88 bits per heavy atom. The zero-order chi connectivity index (χ0) is 18.7. The number of carbonyl (C=O) groups excluding carboxylic acids is 1. The first kappa shape index (κ1) is 18.1. The van der Waals surface area contributed by atoms with Gasteiger partial charge < -0.3 is 10.1 Å². The largest absolute Gasteiger partial charge is 0.489 e. The number of nitrogens with zero attached hydrogens (tertiary/aromatic N) is 2. The maximum absolute atomic E-state index is 13.2. The van der Waals surface area contributed by atoms with Gasteiger partial charge in [-0.2, -0.15) is 5.10 Å². The summed E-state index contributed by atoms with van der Waals surface area (Å²) in [5, 5.41) is 9.15. The number of anilines is 1. The minimum absolute atomic E-state index is 0.151. The van der Waals surface area contributed by atoms with E-state index in [0.29, 0.717) is 16.4 Å². The highest BCUT2D eigenvalue weighted by Crippen LogP contribution is 2.21. The molecule has 2 heterocycles. The van der Waals surface area contributed by atoms with Crippen LogP contribution in [0.2, 0.25) is 0 Å². The van der Waals surface area contributed by atoms with Crippen molar-refractivity contribution in [3.63, 3.8) is 0 Å². The number of halogens is 1. The van der Waals surface area contributed by atoms with Crippen LogP contribution in [0.4, 0.5) is 10.2 Å². The van der Waals surface area contributed by atoms with Crippen LogP contribution < -0.4 is 10.1 Å². The molecule has 0 spiro atoms. The van der Waals surface area contributed by atoms with E-state index in [9.17, 15) is 9.18 Å². The minimum atomic E-state index is -0.343. The highest BCUT2D eigenvalue weighted by atomic mass is 32.1. The minimum Gasteiger partial charge on any atom is -0.489 e. The highest BCUT2D eigenvalue weighted by molar-refractivity contribution is 7.12. The van der Waals surface area contributed by atoms with Gasteiger partial charge in [0.2, 0.25) is 0 Å². The zero-order valence-corrected chi connectivity index (χ0v) is 15.6. The fourth-order valence-corrected chi connectivity index (χ4v) is 3.27. The fourth-order valence-electron chi connectivity index (χ4n) is 2.48. The van der Waals surface area contributed by atoms with Crippen LogP contribution in [0.3, 0.4) is 0 Å². The molecular weight excluding hydrogens is 353 g/mol. The van der Waals surface area contributed by atoms with Gasteiger partial charge in [0.1, 0.15) is 24.0 Å². The van der Waals surface area contributed by atoms with Crippen molar-refractivity contribution in [2.24, 2.45) is 0 Å². The SMILES string of the molecule is Cc1cc(NC(=O)c2cc(COc3cccc(F)c3)cs2)n(C(C)C)n1. The summed E-state index contributed by atoms with van der Waals surface area (Å²) >= 11 is 1.34. The van der Waals surface area contributed by atoms with Gasteiger partial charge in [-0.15, -0.1) is 11.3 Å². The fraction of sp³-hybridized carbons (Fsp3) is 0.263. The Bertz CT molecular complexity index is 917. The summed E-state index contributed by atoms with van der Waals surface area (Å²) in [6, 6.07) is 9.76. The predicted molar refractivity (Wildman–Crippen MR) is 100 cm³/mol. The Kier molecular flexibility index (Phi) is 5.37. The van der Waals surface area contributed by atoms with Gasteiger partial charge in [0.15, 0.2) is 0 Å². The van der Waals surface area contributed by atoms with Crippen molar-refractivity contribution >= 4 is 23.1 Å². The number of aryl methyl sites for hydroxylation is 1. The van der Waals surface area contributed by atoms with Crippen LogP contribution in [-0.2, 0) is 6.61 Å². The van der Waals surface area contributed by atoms with Crippen LogP contribution in [0.25, 0.3) is 0 Å². The van der Waals surface area contributed by atoms with E-state index in [4.69, 9.17) is 4.74 Å². The summed E-state index contributed by atoms with van der Waals surface area (Å²) < 4.78 is 20.5. The number of hydrogen-bond donors (Lipinski definition) is 1. The lowest BCUT2D eigenvalue weighted by Gasteiger charge is -2.11. The molecule has 136 valence electrons. The van der Waals surface area contributed by atoms with Crippen LogP contribution in [0, 0.1) is 12.7 Å². The number of rotatable bonds is 6. The van der Waals surface area contributed by atoms with Crippen molar-refractivity contribution in [3.05, 3.63) is 63.7 Å². The van der Waals surface area contributed by atoms with E-state index in [2.05, 4.69) is 10.4 Å². The van der Waals surface area contributed by atoms with Crippen LogP contribution in [-0.4, -0.2) is 15.7 Å². The highest BCUT2D eigenvalue weighted by Gasteiger charge is 2.15. The topological polar surface area (TPSA) is 56.1 Å². The average Bonchev–Trinajstić information content (AvgIpc) is 3.20. The number of ether oxygens (including phenoxy) is 1. The monoisotopic (exact) mass is 373 g/mol. The normalized spacial score (nSPS) is 11.0. The van der Waals surface area contributed by atoms with Crippen molar-refractivity contribution in [3.8, 4) is 5.75 Å². The molecule has 0 unspecified atom stereocenters. The number of amides is 1. The first-order valence-electron chi connectivity index (χ1n) is 8.25. The Hall–Kier alpha value is -2.67. The molecular formula is C19H20FN3O2S. The lowest BCUT2D eigenvalue weighted by atomic mass is 10.3. The molecule has 0 aliphatic carbocycles. The van der Waals surface area contributed by atoms with E-state index in [-0.39, 0.29) is 24.4 Å². The molecule has 1 amide bonds. The molecule has 5 nitrogen and oxygen atoms in total. The lowest BCUT2D eigenvalue weighted by molar-refractivity contribution is 0.102. The summed E-state index contributed by atoms with van der Waals surface area (Å²) in [6.45, 7) is 6.18. The zero-order valence-electron chi connectivity index (χ0n) is 14.8.